The molecule has 1 aliphatic rings. The molecule has 0 heterocycles. The Bertz CT molecular complexity index is 510. The van der Waals surface area contributed by atoms with Crippen LogP contribution >= 0.6 is 0 Å². The second-order valence-electron chi connectivity index (χ2n) is 5.46. The summed E-state index contributed by atoms with van der Waals surface area (Å²) in [6.45, 7) is 3.04. The SMILES string of the molecule is CC(=O)NC(C)C(=O)Nc1cccc(OC2CCCC2)c1. The van der Waals surface area contributed by atoms with E-state index in [1.165, 1.54) is 19.8 Å². The molecule has 1 aromatic rings. The zero-order valence-electron chi connectivity index (χ0n) is 12.5. The summed E-state index contributed by atoms with van der Waals surface area (Å²) < 4.78 is 5.90. The summed E-state index contributed by atoms with van der Waals surface area (Å²) in [5.74, 6) is 0.297. The molecule has 1 aliphatic carbocycles. The molecule has 1 unspecified atom stereocenters. The van der Waals surface area contributed by atoms with Crippen molar-refractivity contribution < 1.29 is 14.3 Å². The average Bonchev–Trinajstić information content (AvgIpc) is 2.91. The predicted molar refractivity (Wildman–Crippen MR) is 81.2 cm³/mol. The van der Waals surface area contributed by atoms with Gasteiger partial charge in [0.25, 0.3) is 0 Å². The molecule has 114 valence electrons. The third-order valence-corrected chi connectivity index (χ3v) is 3.52. The third kappa shape index (κ3) is 4.77. The molecule has 2 N–H and O–H groups in total. The molecule has 0 spiro atoms. The number of ether oxygens (including phenoxy) is 1. The van der Waals surface area contributed by atoms with E-state index in [0.29, 0.717) is 5.69 Å². The lowest BCUT2D eigenvalue weighted by atomic mass is 10.2. The van der Waals surface area contributed by atoms with E-state index in [1.54, 1.807) is 13.0 Å². The molecule has 1 aromatic carbocycles. The molecule has 2 rings (SSSR count). The summed E-state index contributed by atoms with van der Waals surface area (Å²) in [5.41, 5.74) is 0.674. The van der Waals surface area contributed by atoms with E-state index in [2.05, 4.69) is 10.6 Å². The number of nitrogens with one attached hydrogen (secondary N) is 2. The fraction of sp³-hybridized carbons (Fsp3) is 0.500. The number of carbonyl (C=O) groups is 2. The van der Waals surface area contributed by atoms with Gasteiger partial charge in [-0.2, -0.15) is 0 Å². The van der Waals surface area contributed by atoms with Crippen molar-refractivity contribution >= 4 is 17.5 Å². The zero-order chi connectivity index (χ0) is 15.2. The van der Waals surface area contributed by atoms with Gasteiger partial charge in [0.15, 0.2) is 0 Å². The maximum absolute atomic E-state index is 11.9. The van der Waals surface area contributed by atoms with Crippen molar-refractivity contribution in [2.24, 2.45) is 0 Å². The van der Waals surface area contributed by atoms with Crippen LogP contribution in [0.2, 0.25) is 0 Å². The minimum absolute atomic E-state index is 0.226. The van der Waals surface area contributed by atoms with E-state index >= 15 is 0 Å². The van der Waals surface area contributed by atoms with Gasteiger partial charge in [0.2, 0.25) is 11.8 Å². The molecule has 0 aliphatic heterocycles. The molecule has 0 aromatic heterocycles. The lowest BCUT2D eigenvalue weighted by Crippen LogP contribution is -2.40. The molecule has 0 saturated heterocycles. The normalized spacial score (nSPS) is 16.3. The number of rotatable bonds is 5. The van der Waals surface area contributed by atoms with Crippen molar-refractivity contribution in [3.05, 3.63) is 24.3 Å². The van der Waals surface area contributed by atoms with Crippen LogP contribution in [0.15, 0.2) is 24.3 Å². The van der Waals surface area contributed by atoms with Crippen molar-refractivity contribution in [1.29, 1.82) is 0 Å². The van der Waals surface area contributed by atoms with Crippen molar-refractivity contribution in [2.75, 3.05) is 5.32 Å². The van der Waals surface area contributed by atoms with Crippen LogP contribution in [0, 0.1) is 0 Å². The Morgan fingerprint density at radius 2 is 2.00 bits per heavy atom. The minimum Gasteiger partial charge on any atom is -0.490 e. The topological polar surface area (TPSA) is 67.4 Å². The highest BCUT2D eigenvalue weighted by atomic mass is 16.5. The zero-order valence-corrected chi connectivity index (χ0v) is 12.5. The van der Waals surface area contributed by atoms with Gasteiger partial charge in [0, 0.05) is 18.7 Å². The first-order valence-corrected chi connectivity index (χ1v) is 7.39. The van der Waals surface area contributed by atoms with E-state index < -0.39 is 6.04 Å². The van der Waals surface area contributed by atoms with Crippen molar-refractivity contribution in [3.63, 3.8) is 0 Å². The van der Waals surface area contributed by atoms with E-state index in [1.807, 2.05) is 18.2 Å². The standard InChI is InChI=1S/C16H22N2O3/c1-11(17-12(2)19)16(20)18-13-6-5-9-15(10-13)21-14-7-3-4-8-14/h5-6,9-11,14H,3-4,7-8H2,1-2H3,(H,17,19)(H,18,20). The van der Waals surface area contributed by atoms with Crippen LogP contribution < -0.4 is 15.4 Å². The fourth-order valence-electron chi connectivity index (χ4n) is 2.47. The first kappa shape index (κ1) is 15.4. The second-order valence-corrected chi connectivity index (χ2v) is 5.46. The van der Waals surface area contributed by atoms with Crippen molar-refractivity contribution in [3.8, 4) is 5.75 Å². The predicted octanol–water partition coefficient (Wildman–Crippen LogP) is 2.47. The molecular formula is C16H22N2O3. The minimum atomic E-state index is -0.568. The molecule has 5 heteroatoms. The number of hydrogen-bond acceptors (Lipinski definition) is 3. The molecule has 0 bridgehead atoms. The number of carbonyl (C=O) groups excluding carboxylic acids is 2. The maximum atomic E-state index is 11.9. The average molecular weight is 290 g/mol. The van der Waals surface area contributed by atoms with Crippen LogP contribution in [0.3, 0.4) is 0 Å². The van der Waals surface area contributed by atoms with E-state index in [4.69, 9.17) is 4.74 Å². The number of amides is 2. The molecular weight excluding hydrogens is 268 g/mol. The Labute approximate surface area is 125 Å². The molecule has 1 atom stereocenters. The van der Waals surface area contributed by atoms with Gasteiger partial charge in [0.05, 0.1) is 6.10 Å². The van der Waals surface area contributed by atoms with Gasteiger partial charge < -0.3 is 15.4 Å². The molecule has 1 fully saturated rings. The third-order valence-electron chi connectivity index (χ3n) is 3.52. The van der Waals surface area contributed by atoms with Crippen LogP contribution in [0.25, 0.3) is 0 Å². The molecule has 5 nitrogen and oxygen atoms in total. The Balaban J connectivity index is 1.93. The summed E-state index contributed by atoms with van der Waals surface area (Å²) in [4.78, 5) is 22.9. The Kier molecular flexibility index (Phi) is 5.20. The number of benzene rings is 1. The summed E-state index contributed by atoms with van der Waals surface area (Å²) in [7, 11) is 0. The van der Waals surface area contributed by atoms with Gasteiger partial charge in [-0.25, -0.2) is 0 Å². The van der Waals surface area contributed by atoms with E-state index in [-0.39, 0.29) is 17.9 Å². The first-order chi connectivity index (χ1) is 10.0. The summed E-state index contributed by atoms with van der Waals surface area (Å²) in [5, 5.41) is 5.33. The largest absolute Gasteiger partial charge is 0.490 e. The second kappa shape index (κ2) is 7.11. The van der Waals surface area contributed by atoms with Crippen LogP contribution in [0.4, 0.5) is 5.69 Å². The van der Waals surface area contributed by atoms with E-state index in [0.717, 1.165) is 18.6 Å². The van der Waals surface area contributed by atoms with Gasteiger partial charge in [-0.15, -0.1) is 0 Å². The molecule has 1 saturated carbocycles. The molecule has 0 radical (unpaired) electrons. The van der Waals surface area contributed by atoms with Gasteiger partial charge in [-0.1, -0.05) is 6.07 Å². The van der Waals surface area contributed by atoms with Crippen molar-refractivity contribution in [2.45, 2.75) is 51.7 Å². The first-order valence-electron chi connectivity index (χ1n) is 7.39. The summed E-state index contributed by atoms with van der Waals surface area (Å²) in [6.07, 6.45) is 4.91. The molecule has 21 heavy (non-hydrogen) atoms. The van der Waals surface area contributed by atoms with Gasteiger partial charge in [-0.3, -0.25) is 9.59 Å². The Hall–Kier alpha value is -2.04. The lowest BCUT2D eigenvalue weighted by molar-refractivity contribution is -0.124. The Morgan fingerprint density at radius 1 is 1.29 bits per heavy atom. The van der Waals surface area contributed by atoms with Crippen LogP contribution in [0.5, 0.6) is 5.75 Å². The monoisotopic (exact) mass is 290 g/mol. The van der Waals surface area contributed by atoms with Gasteiger partial charge >= 0.3 is 0 Å². The van der Waals surface area contributed by atoms with Crippen LogP contribution in [-0.4, -0.2) is 24.0 Å². The molecule has 2 amide bonds. The summed E-state index contributed by atoms with van der Waals surface area (Å²) >= 11 is 0. The Morgan fingerprint density at radius 3 is 2.67 bits per heavy atom. The van der Waals surface area contributed by atoms with Crippen LogP contribution in [0.1, 0.15) is 39.5 Å². The van der Waals surface area contributed by atoms with Gasteiger partial charge in [-0.05, 0) is 44.7 Å². The highest BCUT2D eigenvalue weighted by molar-refractivity contribution is 5.96. The lowest BCUT2D eigenvalue weighted by Gasteiger charge is -2.15. The maximum Gasteiger partial charge on any atom is 0.246 e. The van der Waals surface area contributed by atoms with E-state index in [9.17, 15) is 9.59 Å². The van der Waals surface area contributed by atoms with Gasteiger partial charge in [0.1, 0.15) is 11.8 Å². The van der Waals surface area contributed by atoms with Crippen molar-refractivity contribution in [1.82, 2.24) is 5.32 Å². The highest BCUT2D eigenvalue weighted by Crippen LogP contribution is 2.25. The quantitative estimate of drug-likeness (QED) is 0.875. The fourth-order valence-corrected chi connectivity index (χ4v) is 2.47. The summed E-state index contributed by atoms with van der Waals surface area (Å²) in [6, 6.07) is 6.80. The number of anilines is 1. The smallest absolute Gasteiger partial charge is 0.246 e. The number of hydrogen-bond donors (Lipinski definition) is 2. The van der Waals surface area contributed by atoms with Crippen LogP contribution in [-0.2, 0) is 9.59 Å². The highest BCUT2D eigenvalue weighted by Gasteiger charge is 2.17.